The zero-order valence-corrected chi connectivity index (χ0v) is 8.73. The lowest BCUT2D eigenvalue weighted by Gasteiger charge is -2.12. The number of rotatable bonds is 7. The fraction of sp³-hybridized carbons (Fsp3) is 0.667. The van der Waals surface area contributed by atoms with Crippen molar-refractivity contribution in [1.82, 2.24) is 10.6 Å². The molecule has 0 radical (unpaired) electrons. The summed E-state index contributed by atoms with van der Waals surface area (Å²) in [4.78, 5) is 32.5. The molecule has 0 aliphatic heterocycles. The van der Waals surface area contributed by atoms with Crippen LogP contribution in [0, 0.1) is 0 Å². The molecule has 5 N–H and O–H groups in total. The van der Waals surface area contributed by atoms with Gasteiger partial charge in [0.15, 0.2) is 0 Å². The van der Waals surface area contributed by atoms with E-state index in [0.29, 0.717) is 6.04 Å². The molecule has 7 nitrogen and oxygen atoms in total. The lowest BCUT2D eigenvalue weighted by atomic mass is 10.2. The van der Waals surface area contributed by atoms with E-state index in [9.17, 15) is 14.4 Å². The highest BCUT2D eigenvalue weighted by molar-refractivity contribution is 5.88. The van der Waals surface area contributed by atoms with Crippen LogP contribution in [0.4, 0.5) is 0 Å². The van der Waals surface area contributed by atoms with E-state index in [2.05, 4.69) is 10.6 Å². The van der Waals surface area contributed by atoms with Crippen molar-refractivity contribution < 1.29 is 19.5 Å². The Morgan fingerprint density at radius 2 is 2.00 bits per heavy atom. The van der Waals surface area contributed by atoms with Gasteiger partial charge in [-0.25, -0.2) is 4.79 Å². The lowest BCUT2D eigenvalue weighted by molar-refractivity contribution is -0.143. The average Bonchev–Trinajstić information content (AvgIpc) is 2.96. The minimum atomic E-state index is -1.27. The van der Waals surface area contributed by atoms with Crippen molar-refractivity contribution in [2.45, 2.75) is 31.3 Å². The first kappa shape index (κ1) is 12.4. The van der Waals surface area contributed by atoms with Crippen molar-refractivity contribution in [3.05, 3.63) is 0 Å². The Bertz CT molecular complexity index is 301. The topological polar surface area (TPSA) is 122 Å². The Morgan fingerprint density at radius 3 is 2.44 bits per heavy atom. The molecule has 1 aliphatic rings. The summed E-state index contributed by atoms with van der Waals surface area (Å²) in [5, 5.41) is 13.9. The molecular formula is C9H15N3O4. The molecule has 1 atom stereocenters. The molecule has 0 aromatic rings. The number of carboxylic acids is 1. The first-order valence-corrected chi connectivity index (χ1v) is 5.03. The van der Waals surface area contributed by atoms with Crippen LogP contribution in [0.2, 0.25) is 0 Å². The highest BCUT2D eigenvalue weighted by Crippen LogP contribution is 2.17. The van der Waals surface area contributed by atoms with Gasteiger partial charge in [0.1, 0.15) is 6.04 Å². The molecule has 1 fully saturated rings. The Hall–Kier alpha value is -1.63. The van der Waals surface area contributed by atoms with E-state index in [1.54, 1.807) is 0 Å². The molecule has 16 heavy (non-hydrogen) atoms. The minimum absolute atomic E-state index is 0.0627. The first-order chi connectivity index (χ1) is 7.49. The zero-order chi connectivity index (χ0) is 12.1. The quantitative estimate of drug-likeness (QED) is 0.409. The van der Waals surface area contributed by atoms with Gasteiger partial charge in [-0.1, -0.05) is 0 Å². The number of amides is 2. The van der Waals surface area contributed by atoms with Crippen LogP contribution in [0.25, 0.3) is 0 Å². The number of nitrogens with one attached hydrogen (secondary N) is 2. The molecule has 0 heterocycles. The molecule has 0 saturated heterocycles. The number of carboxylic acid groups (broad SMARTS) is 1. The van der Waals surface area contributed by atoms with Crippen molar-refractivity contribution in [2.24, 2.45) is 5.73 Å². The highest BCUT2D eigenvalue weighted by Gasteiger charge is 2.24. The summed E-state index contributed by atoms with van der Waals surface area (Å²) in [5.41, 5.74) is 4.87. The second-order valence-electron chi connectivity index (χ2n) is 3.78. The van der Waals surface area contributed by atoms with E-state index in [0.717, 1.165) is 12.8 Å². The third kappa shape index (κ3) is 4.74. The van der Waals surface area contributed by atoms with Gasteiger partial charge >= 0.3 is 5.97 Å². The van der Waals surface area contributed by atoms with Gasteiger partial charge in [-0.2, -0.15) is 0 Å². The third-order valence-electron chi connectivity index (χ3n) is 2.17. The number of carbonyl (C=O) groups excluding carboxylic acids is 2. The van der Waals surface area contributed by atoms with Crippen LogP contribution in [-0.2, 0) is 14.4 Å². The molecule has 0 aromatic heterocycles. The number of primary amides is 1. The van der Waals surface area contributed by atoms with Crippen LogP contribution in [0.1, 0.15) is 19.3 Å². The average molecular weight is 229 g/mol. The fourth-order valence-corrected chi connectivity index (χ4v) is 1.17. The minimum Gasteiger partial charge on any atom is -0.480 e. The van der Waals surface area contributed by atoms with Gasteiger partial charge in [0.25, 0.3) is 0 Å². The molecule has 1 saturated carbocycles. The predicted molar refractivity (Wildman–Crippen MR) is 54.4 cm³/mol. The van der Waals surface area contributed by atoms with Gasteiger partial charge in [-0.15, -0.1) is 0 Å². The Labute approximate surface area is 92.4 Å². The van der Waals surface area contributed by atoms with Gasteiger partial charge in [0.05, 0.1) is 13.0 Å². The monoisotopic (exact) mass is 229 g/mol. The van der Waals surface area contributed by atoms with E-state index in [-0.39, 0.29) is 6.54 Å². The van der Waals surface area contributed by atoms with Crippen LogP contribution in [0.5, 0.6) is 0 Å². The predicted octanol–water partition coefficient (Wildman–Crippen LogP) is -1.82. The van der Waals surface area contributed by atoms with Crippen molar-refractivity contribution in [2.75, 3.05) is 6.54 Å². The zero-order valence-electron chi connectivity index (χ0n) is 8.73. The van der Waals surface area contributed by atoms with Gasteiger partial charge in [-0.05, 0) is 12.8 Å². The van der Waals surface area contributed by atoms with E-state index in [4.69, 9.17) is 10.8 Å². The van der Waals surface area contributed by atoms with Crippen LogP contribution in [0.15, 0.2) is 0 Å². The van der Waals surface area contributed by atoms with Crippen molar-refractivity contribution >= 4 is 17.8 Å². The molecule has 1 unspecified atom stereocenters. The van der Waals surface area contributed by atoms with E-state index in [1.807, 2.05) is 0 Å². The normalized spacial score (nSPS) is 16.5. The summed E-state index contributed by atoms with van der Waals surface area (Å²) in [6.07, 6.45) is 1.68. The molecule has 7 heteroatoms. The fourth-order valence-electron chi connectivity index (χ4n) is 1.17. The summed E-state index contributed by atoms with van der Waals surface area (Å²) in [6.45, 7) is 0.0627. The molecule has 0 aromatic carbocycles. The van der Waals surface area contributed by atoms with Gasteiger partial charge < -0.3 is 21.5 Å². The van der Waals surface area contributed by atoms with E-state index < -0.39 is 30.2 Å². The molecule has 0 spiro atoms. The van der Waals surface area contributed by atoms with Crippen molar-refractivity contribution in [1.29, 1.82) is 0 Å². The second-order valence-corrected chi connectivity index (χ2v) is 3.78. The second kappa shape index (κ2) is 5.45. The van der Waals surface area contributed by atoms with Gasteiger partial charge in [0.2, 0.25) is 11.8 Å². The maximum atomic E-state index is 11.3. The maximum Gasteiger partial charge on any atom is 0.326 e. The summed E-state index contributed by atoms with van der Waals surface area (Å²) in [6, 6.07) is -0.879. The summed E-state index contributed by atoms with van der Waals surface area (Å²) in [7, 11) is 0. The van der Waals surface area contributed by atoms with Crippen LogP contribution < -0.4 is 16.4 Å². The molecule has 0 bridgehead atoms. The number of hydrogen-bond acceptors (Lipinski definition) is 4. The van der Waals surface area contributed by atoms with Crippen molar-refractivity contribution in [3.63, 3.8) is 0 Å². The molecule has 1 rings (SSSR count). The van der Waals surface area contributed by atoms with Gasteiger partial charge in [-0.3, -0.25) is 9.59 Å². The number of nitrogens with two attached hydrogens (primary N) is 1. The summed E-state index contributed by atoms with van der Waals surface area (Å²) in [5.74, 6) is -2.47. The smallest absolute Gasteiger partial charge is 0.326 e. The summed E-state index contributed by atoms with van der Waals surface area (Å²) < 4.78 is 0. The standard InChI is InChI=1S/C9H15N3O4/c10-7(13)3-6(9(15)16)12-8(14)4-11-5-1-2-5/h5-6,11H,1-4H2,(H2,10,13)(H,12,14)(H,15,16). The number of aliphatic carboxylic acids is 1. The Kier molecular flexibility index (Phi) is 4.24. The van der Waals surface area contributed by atoms with Crippen LogP contribution in [-0.4, -0.2) is 41.5 Å². The molecule has 90 valence electrons. The van der Waals surface area contributed by atoms with Crippen LogP contribution in [0.3, 0.4) is 0 Å². The Morgan fingerprint density at radius 1 is 1.38 bits per heavy atom. The largest absolute Gasteiger partial charge is 0.480 e. The maximum absolute atomic E-state index is 11.3. The lowest BCUT2D eigenvalue weighted by Crippen LogP contribution is -2.46. The highest BCUT2D eigenvalue weighted by atomic mass is 16.4. The molecule has 1 aliphatic carbocycles. The van der Waals surface area contributed by atoms with E-state index in [1.165, 1.54) is 0 Å². The van der Waals surface area contributed by atoms with Crippen molar-refractivity contribution in [3.8, 4) is 0 Å². The Balaban J connectivity index is 2.30. The first-order valence-electron chi connectivity index (χ1n) is 5.03. The third-order valence-corrected chi connectivity index (χ3v) is 2.17. The number of hydrogen-bond donors (Lipinski definition) is 4. The van der Waals surface area contributed by atoms with Crippen LogP contribution >= 0.6 is 0 Å². The summed E-state index contributed by atoms with van der Waals surface area (Å²) >= 11 is 0. The van der Waals surface area contributed by atoms with Gasteiger partial charge in [0, 0.05) is 6.04 Å². The number of carbonyl (C=O) groups is 3. The van der Waals surface area contributed by atoms with E-state index >= 15 is 0 Å². The SMILES string of the molecule is NC(=O)CC(NC(=O)CNC1CC1)C(=O)O. The molecular weight excluding hydrogens is 214 g/mol. The molecule has 2 amide bonds.